The Kier molecular flexibility index (Phi) is 8.73. The second kappa shape index (κ2) is 10.8. The lowest BCUT2D eigenvalue weighted by Crippen LogP contribution is -2.32. The second-order valence-corrected chi connectivity index (χ2v) is 9.33. The first-order valence-electron chi connectivity index (χ1n) is 11.5. The number of amides is 2. The van der Waals surface area contributed by atoms with Crippen molar-refractivity contribution in [1.82, 2.24) is 0 Å². The number of rotatable bonds is 11. The van der Waals surface area contributed by atoms with Crippen LogP contribution in [0, 0.1) is 19.3 Å². The summed E-state index contributed by atoms with van der Waals surface area (Å²) in [6, 6.07) is 2.02. The maximum atomic E-state index is 13.1. The van der Waals surface area contributed by atoms with E-state index in [1.165, 1.54) is 44.9 Å². The van der Waals surface area contributed by atoms with Gasteiger partial charge in [-0.15, -0.1) is 0 Å². The number of aryl methyl sites for hydroxylation is 1. The monoisotopic (exact) mass is 400 g/mol. The van der Waals surface area contributed by atoms with Crippen LogP contribution in [0.5, 0.6) is 0 Å². The molecule has 2 amide bonds. The third-order valence-corrected chi connectivity index (χ3v) is 6.34. The number of benzene rings is 1. The summed E-state index contributed by atoms with van der Waals surface area (Å²) in [5.41, 5.74) is 4.58. The first-order valence-corrected chi connectivity index (χ1v) is 11.5. The smallest absolute Gasteiger partial charge is 0.230 e. The molecule has 0 spiro atoms. The first-order chi connectivity index (χ1) is 13.8. The lowest BCUT2D eigenvalue weighted by molar-refractivity contribution is -0.124. The number of hydrogen-bond donors (Lipinski definition) is 2. The molecule has 162 valence electrons. The van der Waals surface area contributed by atoms with Crippen LogP contribution in [0.2, 0.25) is 0 Å². The lowest BCUT2D eigenvalue weighted by Gasteiger charge is -2.28. The minimum absolute atomic E-state index is 0.0491. The largest absolute Gasteiger partial charge is 0.326 e. The van der Waals surface area contributed by atoms with Crippen molar-refractivity contribution >= 4 is 23.2 Å². The summed E-state index contributed by atoms with van der Waals surface area (Å²) >= 11 is 0. The number of anilines is 2. The standard InChI is InChI=1S/C25H40N2O2/c1-6-7-8-9-10-11-12-13-16-25(4,5)24(29)27-23-19(3)18(2)17-21-20(23)14-15-22(28)26-21/h17H,6-16H2,1-5H3,(H,26,28)(H,27,29). The fraction of sp³-hybridized carbons (Fsp3) is 0.680. The number of unbranched alkanes of at least 4 members (excludes halogenated alkanes) is 7. The van der Waals surface area contributed by atoms with E-state index in [0.29, 0.717) is 12.8 Å². The molecule has 0 radical (unpaired) electrons. The van der Waals surface area contributed by atoms with Crippen molar-refractivity contribution in [1.29, 1.82) is 0 Å². The maximum Gasteiger partial charge on any atom is 0.230 e. The van der Waals surface area contributed by atoms with Gasteiger partial charge in [0.25, 0.3) is 0 Å². The summed E-state index contributed by atoms with van der Waals surface area (Å²) in [4.78, 5) is 24.8. The van der Waals surface area contributed by atoms with Gasteiger partial charge in [0.1, 0.15) is 0 Å². The van der Waals surface area contributed by atoms with E-state index in [1.807, 2.05) is 33.8 Å². The lowest BCUT2D eigenvalue weighted by atomic mass is 9.85. The van der Waals surface area contributed by atoms with E-state index in [4.69, 9.17) is 0 Å². The highest BCUT2D eigenvalue weighted by Crippen LogP contribution is 2.36. The van der Waals surface area contributed by atoms with Crippen LogP contribution >= 0.6 is 0 Å². The molecular weight excluding hydrogens is 360 g/mol. The van der Waals surface area contributed by atoms with Crippen molar-refractivity contribution < 1.29 is 9.59 Å². The van der Waals surface area contributed by atoms with Gasteiger partial charge in [0.15, 0.2) is 0 Å². The molecule has 1 aromatic rings. The fourth-order valence-corrected chi connectivity index (χ4v) is 4.06. The Morgan fingerprint density at radius 2 is 1.66 bits per heavy atom. The Balaban J connectivity index is 1.92. The number of hydrogen-bond acceptors (Lipinski definition) is 2. The summed E-state index contributed by atoms with van der Waals surface area (Å²) in [5, 5.41) is 6.18. The summed E-state index contributed by atoms with van der Waals surface area (Å²) in [6.45, 7) is 10.4. The van der Waals surface area contributed by atoms with E-state index in [1.54, 1.807) is 0 Å². The van der Waals surface area contributed by atoms with Crippen molar-refractivity contribution in [2.24, 2.45) is 5.41 Å². The van der Waals surface area contributed by atoms with Crippen molar-refractivity contribution in [3.05, 3.63) is 22.8 Å². The molecule has 0 saturated heterocycles. The number of carbonyl (C=O) groups excluding carboxylic acids is 2. The van der Waals surface area contributed by atoms with Gasteiger partial charge in [-0.2, -0.15) is 0 Å². The highest BCUT2D eigenvalue weighted by molar-refractivity contribution is 6.00. The Morgan fingerprint density at radius 1 is 1.03 bits per heavy atom. The molecule has 1 heterocycles. The molecule has 0 atom stereocenters. The highest BCUT2D eigenvalue weighted by atomic mass is 16.2. The van der Waals surface area contributed by atoms with Crippen molar-refractivity contribution in [3.8, 4) is 0 Å². The quantitative estimate of drug-likeness (QED) is 0.407. The van der Waals surface area contributed by atoms with Crippen molar-refractivity contribution in [3.63, 3.8) is 0 Å². The van der Waals surface area contributed by atoms with Gasteiger partial charge in [-0.1, -0.05) is 72.1 Å². The molecule has 0 unspecified atom stereocenters. The predicted octanol–water partition coefficient (Wildman–Crippen LogP) is 6.68. The van der Waals surface area contributed by atoms with Crippen LogP contribution in [0.15, 0.2) is 6.07 Å². The Labute approximate surface area is 177 Å². The first kappa shape index (κ1) is 23.4. The normalized spacial score (nSPS) is 13.8. The predicted molar refractivity (Wildman–Crippen MR) is 123 cm³/mol. The molecule has 2 N–H and O–H groups in total. The fourth-order valence-electron chi connectivity index (χ4n) is 4.06. The number of nitrogens with one attached hydrogen (secondary N) is 2. The van der Waals surface area contributed by atoms with Crippen LogP contribution in [0.25, 0.3) is 0 Å². The molecular formula is C25H40N2O2. The van der Waals surface area contributed by atoms with E-state index < -0.39 is 5.41 Å². The van der Waals surface area contributed by atoms with E-state index in [2.05, 4.69) is 17.6 Å². The molecule has 1 aliphatic rings. The van der Waals surface area contributed by atoms with E-state index >= 15 is 0 Å². The van der Waals surface area contributed by atoms with Crippen LogP contribution in [-0.4, -0.2) is 11.8 Å². The van der Waals surface area contributed by atoms with Gasteiger partial charge < -0.3 is 10.6 Å². The van der Waals surface area contributed by atoms with Gasteiger partial charge in [0, 0.05) is 28.8 Å². The van der Waals surface area contributed by atoms with Crippen LogP contribution in [-0.2, 0) is 16.0 Å². The Hall–Kier alpha value is -1.84. The van der Waals surface area contributed by atoms with E-state index in [0.717, 1.165) is 40.9 Å². The number of fused-ring (bicyclic) bond motifs is 1. The average molecular weight is 401 g/mol. The summed E-state index contributed by atoms with van der Waals surface area (Å²) in [5.74, 6) is 0.126. The van der Waals surface area contributed by atoms with Crippen molar-refractivity contribution in [2.75, 3.05) is 10.6 Å². The molecule has 0 aliphatic carbocycles. The molecule has 2 rings (SSSR count). The second-order valence-electron chi connectivity index (χ2n) is 9.33. The van der Waals surface area contributed by atoms with Gasteiger partial charge >= 0.3 is 0 Å². The van der Waals surface area contributed by atoms with Gasteiger partial charge in [-0.25, -0.2) is 0 Å². The van der Waals surface area contributed by atoms with Gasteiger partial charge in [0.2, 0.25) is 11.8 Å². The SMILES string of the molecule is CCCCCCCCCCC(C)(C)C(=O)Nc1c(C)c(C)cc2c1CCC(=O)N2. The van der Waals surface area contributed by atoms with Crippen LogP contribution in [0.4, 0.5) is 11.4 Å². The topological polar surface area (TPSA) is 58.2 Å². The Bertz CT molecular complexity index is 722. The average Bonchev–Trinajstić information content (AvgIpc) is 2.67. The minimum atomic E-state index is -0.400. The molecule has 1 aliphatic heterocycles. The zero-order chi connectivity index (χ0) is 21.4. The van der Waals surface area contributed by atoms with E-state index in [9.17, 15) is 9.59 Å². The summed E-state index contributed by atoms with van der Waals surface area (Å²) < 4.78 is 0. The van der Waals surface area contributed by atoms with Crippen molar-refractivity contribution in [2.45, 2.75) is 105 Å². The third-order valence-electron chi connectivity index (χ3n) is 6.34. The van der Waals surface area contributed by atoms with Crippen LogP contribution in [0.1, 0.15) is 102 Å². The van der Waals surface area contributed by atoms with Gasteiger partial charge in [-0.3, -0.25) is 9.59 Å². The van der Waals surface area contributed by atoms with Crippen LogP contribution < -0.4 is 10.6 Å². The Morgan fingerprint density at radius 3 is 2.31 bits per heavy atom. The molecule has 29 heavy (non-hydrogen) atoms. The van der Waals surface area contributed by atoms with E-state index in [-0.39, 0.29) is 11.8 Å². The molecule has 4 nitrogen and oxygen atoms in total. The van der Waals surface area contributed by atoms with Gasteiger partial charge in [0.05, 0.1) is 0 Å². The summed E-state index contributed by atoms with van der Waals surface area (Å²) in [6.07, 6.45) is 12.3. The molecule has 0 aromatic heterocycles. The zero-order valence-corrected chi connectivity index (χ0v) is 19.2. The maximum absolute atomic E-state index is 13.1. The van der Waals surface area contributed by atoms with Crippen LogP contribution in [0.3, 0.4) is 0 Å². The molecule has 1 aromatic carbocycles. The molecule has 0 fully saturated rings. The van der Waals surface area contributed by atoms with Gasteiger partial charge in [-0.05, 0) is 43.9 Å². The molecule has 0 bridgehead atoms. The molecule has 0 saturated carbocycles. The molecule has 4 heteroatoms. The summed E-state index contributed by atoms with van der Waals surface area (Å²) in [7, 11) is 0. The number of carbonyl (C=O) groups is 2. The zero-order valence-electron chi connectivity index (χ0n) is 19.2. The highest BCUT2D eigenvalue weighted by Gasteiger charge is 2.29. The minimum Gasteiger partial charge on any atom is -0.326 e. The third kappa shape index (κ3) is 6.58.